The van der Waals surface area contributed by atoms with Crippen molar-refractivity contribution in [2.45, 2.75) is 46.1 Å². The number of benzene rings is 1. The molecule has 8 heteroatoms. The van der Waals surface area contributed by atoms with E-state index in [-0.39, 0.29) is 55.3 Å². The lowest BCUT2D eigenvalue weighted by atomic mass is 10.1. The largest absolute Gasteiger partial charge is 0.481 e. The predicted octanol–water partition coefficient (Wildman–Crippen LogP) is 2.83. The van der Waals surface area contributed by atoms with Crippen LogP contribution in [-0.2, 0) is 16.0 Å². The number of carbonyl (C=O) groups excluding carboxylic acids is 1. The number of amides is 1. The predicted molar refractivity (Wildman–Crippen MR) is 91.9 cm³/mol. The SMILES string of the molecule is Cc1ccc(-c2noc(CCC(=O)N(CCC(=O)O)C(C)C)n2)cc1F. The number of aryl methyl sites for hydroxylation is 2. The zero-order valence-corrected chi connectivity index (χ0v) is 15.0. The topological polar surface area (TPSA) is 96.5 Å². The van der Waals surface area contributed by atoms with Gasteiger partial charge in [-0.25, -0.2) is 4.39 Å². The maximum Gasteiger partial charge on any atom is 0.305 e. The highest BCUT2D eigenvalue weighted by Crippen LogP contribution is 2.19. The average Bonchev–Trinajstić information content (AvgIpc) is 3.04. The molecule has 0 saturated carbocycles. The molecule has 0 unspecified atom stereocenters. The third kappa shape index (κ3) is 5.11. The second-order valence-corrected chi connectivity index (χ2v) is 6.30. The first-order valence-corrected chi connectivity index (χ1v) is 8.38. The highest BCUT2D eigenvalue weighted by molar-refractivity contribution is 5.77. The minimum Gasteiger partial charge on any atom is -0.481 e. The molecule has 26 heavy (non-hydrogen) atoms. The summed E-state index contributed by atoms with van der Waals surface area (Å²) in [7, 11) is 0. The van der Waals surface area contributed by atoms with E-state index in [0.717, 1.165) is 0 Å². The Morgan fingerprint density at radius 1 is 1.31 bits per heavy atom. The molecule has 1 aromatic heterocycles. The third-order valence-electron chi connectivity index (χ3n) is 3.96. The molecule has 2 aromatic rings. The van der Waals surface area contributed by atoms with E-state index in [1.165, 1.54) is 11.0 Å². The summed E-state index contributed by atoms with van der Waals surface area (Å²) in [5.41, 5.74) is 1.03. The van der Waals surface area contributed by atoms with Crippen LogP contribution in [0, 0.1) is 12.7 Å². The van der Waals surface area contributed by atoms with Crippen LogP contribution in [0.15, 0.2) is 22.7 Å². The molecule has 0 aliphatic heterocycles. The fraction of sp³-hybridized carbons (Fsp3) is 0.444. The van der Waals surface area contributed by atoms with Crippen LogP contribution in [0.5, 0.6) is 0 Å². The van der Waals surface area contributed by atoms with Gasteiger partial charge in [0.25, 0.3) is 0 Å². The van der Waals surface area contributed by atoms with Crippen molar-refractivity contribution in [3.63, 3.8) is 0 Å². The highest BCUT2D eigenvalue weighted by atomic mass is 19.1. The quantitative estimate of drug-likeness (QED) is 0.775. The Kier molecular flexibility index (Phi) is 6.43. The molecule has 2 rings (SSSR count). The Balaban J connectivity index is 1.98. The van der Waals surface area contributed by atoms with Gasteiger partial charge in [0.05, 0.1) is 6.42 Å². The minimum absolute atomic E-state index is 0.101. The zero-order chi connectivity index (χ0) is 19.3. The lowest BCUT2D eigenvalue weighted by Gasteiger charge is -2.26. The van der Waals surface area contributed by atoms with Gasteiger partial charge in [0, 0.05) is 31.0 Å². The summed E-state index contributed by atoms with van der Waals surface area (Å²) in [4.78, 5) is 28.7. The van der Waals surface area contributed by atoms with Crippen LogP contribution in [0.4, 0.5) is 4.39 Å². The van der Waals surface area contributed by atoms with Gasteiger partial charge < -0.3 is 14.5 Å². The molecule has 0 atom stereocenters. The molecule has 0 spiro atoms. The molecule has 1 heterocycles. The number of aromatic nitrogens is 2. The van der Waals surface area contributed by atoms with Gasteiger partial charge in [-0.15, -0.1) is 0 Å². The minimum atomic E-state index is -0.949. The van der Waals surface area contributed by atoms with Crippen molar-refractivity contribution in [1.29, 1.82) is 0 Å². The van der Waals surface area contributed by atoms with Gasteiger partial charge in [-0.3, -0.25) is 9.59 Å². The number of hydrogen-bond donors (Lipinski definition) is 1. The number of hydrogen-bond acceptors (Lipinski definition) is 5. The van der Waals surface area contributed by atoms with Crippen molar-refractivity contribution >= 4 is 11.9 Å². The number of carboxylic acid groups (broad SMARTS) is 1. The normalized spacial score (nSPS) is 11.0. The summed E-state index contributed by atoms with van der Waals surface area (Å²) in [6.45, 7) is 5.48. The van der Waals surface area contributed by atoms with Crippen molar-refractivity contribution in [3.05, 3.63) is 35.5 Å². The Bertz CT molecular complexity index is 788. The number of halogens is 1. The Morgan fingerprint density at radius 3 is 2.65 bits per heavy atom. The lowest BCUT2D eigenvalue weighted by Crippen LogP contribution is -2.38. The number of aliphatic carboxylic acids is 1. The molecule has 140 valence electrons. The average molecular weight is 363 g/mol. The molecule has 0 radical (unpaired) electrons. The van der Waals surface area contributed by atoms with Crippen LogP contribution in [0.25, 0.3) is 11.4 Å². The monoisotopic (exact) mass is 363 g/mol. The van der Waals surface area contributed by atoms with Crippen molar-refractivity contribution in [2.24, 2.45) is 0 Å². The number of carbonyl (C=O) groups is 2. The summed E-state index contributed by atoms with van der Waals surface area (Å²) in [6, 6.07) is 4.56. The third-order valence-corrected chi connectivity index (χ3v) is 3.96. The van der Waals surface area contributed by atoms with Crippen LogP contribution in [0.3, 0.4) is 0 Å². The Morgan fingerprint density at radius 2 is 2.04 bits per heavy atom. The van der Waals surface area contributed by atoms with E-state index in [2.05, 4.69) is 10.1 Å². The van der Waals surface area contributed by atoms with Crippen LogP contribution in [0.1, 0.15) is 38.1 Å². The summed E-state index contributed by atoms with van der Waals surface area (Å²) < 4.78 is 18.8. The fourth-order valence-corrected chi connectivity index (χ4v) is 2.45. The van der Waals surface area contributed by atoms with Gasteiger partial charge in [0.15, 0.2) is 0 Å². The molecule has 0 aliphatic rings. The second kappa shape index (κ2) is 8.55. The van der Waals surface area contributed by atoms with Crippen LogP contribution in [-0.4, -0.2) is 44.6 Å². The van der Waals surface area contributed by atoms with Crippen LogP contribution < -0.4 is 0 Å². The van der Waals surface area contributed by atoms with Crippen molar-refractivity contribution in [1.82, 2.24) is 15.0 Å². The maximum atomic E-state index is 13.6. The highest BCUT2D eigenvalue weighted by Gasteiger charge is 2.19. The molecule has 1 amide bonds. The van der Waals surface area contributed by atoms with E-state index in [1.54, 1.807) is 19.1 Å². The van der Waals surface area contributed by atoms with Crippen molar-refractivity contribution in [3.8, 4) is 11.4 Å². The zero-order valence-electron chi connectivity index (χ0n) is 15.0. The molecular formula is C18H22FN3O4. The van der Waals surface area contributed by atoms with Gasteiger partial charge >= 0.3 is 5.97 Å². The Hall–Kier alpha value is -2.77. The summed E-state index contributed by atoms with van der Waals surface area (Å²) >= 11 is 0. The van der Waals surface area contributed by atoms with E-state index in [1.807, 2.05) is 13.8 Å². The first-order chi connectivity index (χ1) is 12.3. The van der Waals surface area contributed by atoms with E-state index < -0.39 is 5.97 Å². The fourth-order valence-electron chi connectivity index (χ4n) is 2.45. The van der Waals surface area contributed by atoms with E-state index in [9.17, 15) is 14.0 Å². The Labute approximate surface area is 150 Å². The summed E-state index contributed by atoms with van der Waals surface area (Å²) in [5.74, 6) is -0.943. The standard InChI is InChI=1S/C18H22FN3O4/c1-11(2)22(9-8-17(24)25)16(23)7-6-15-20-18(21-26-15)13-5-4-12(3)14(19)10-13/h4-5,10-11H,6-9H2,1-3H3,(H,24,25). The number of carboxylic acids is 1. The maximum absolute atomic E-state index is 13.6. The molecule has 0 bridgehead atoms. The summed E-state index contributed by atoms with van der Waals surface area (Å²) in [5, 5.41) is 12.6. The smallest absolute Gasteiger partial charge is 0.305 e. The molecule has 1 N–H and O–H groups in total. The van der Waals surface area contributed by atoms with Gasteiger partial charge in [-0.2, -0.15) is 4.98 Å². The van der Waals surface area contributed by atoms with Crippen LogP contribution >= 0.6 is 0 Å². The van der Waals surface area contributed by atoms with E-state index in [4.69, 9.17) is 9.63 Å². The summed E-state index contributed by atoms with van der Waals surface area (Å²) in [6.07, 6.45) is 0.256. The van der Waals surface area contributed by atoms with Gasteiger partial charge in [0.1, 0.15) is 5.82 Å². The first-order valence-electron chi connectivity index (χ1n) is 8.38. The number of rotatable bonds is 8. The second-order valence-electron chi connectivity index (χ2n) is 6.30. The molecule has 7 nitrogen and oxygen atoms in total. The van der Waals surface area contributed by atoms with Gasteiger partial charge in [-0.1, -0.05) is 17.3 Å². The van der Waals surface area contributed by atoms with Crippen molar-refractivity contribution < 1.29 is 23.6 Å². The van der Waals surface area contributed by atoms with Crippen molar-refractivity contribution in [2.75, 3.05) is 6.54 Å². The molecular weight excluding hydrogens is 341 g/mol. The van der Waals surface area contributed by atoms with Crippen LogP contribution in [0.2, 0.25) is 0 Å². The van der Waals surface area contributed by atoms with E-state index in [0.29, 0.717) is 11.1 Å². The molecule has 0 aliphatic carbocycles. The molecule has 1 aromatic carbocycles. The first kappa shape index (κ1) is 19.6. The molecule has 0 fully saturated rings. The number of nitrogens with zero attached hydrogens (tertiary/aromatic N) is 3. The van der Waals surface area contributed by atoms with E-state index >= 15 is 0 Å². The van der Waals surface area contributed by atoms with Gasteiger partial charge in [0.2, 0.25) is 17.6 Å². The molecule has 0 saturated heterocycles. The van der Waals surface area contributed by atoms with Gasteiger partial charge in [-0.05, 0) is 32.4 Å². The lowest BCUT2D eigenvalue weighted by molar-refractivity contribution is -0.139.